The molecule has 0 bridgehead atoms. The van der Waals surface area contributed by atoms with Crippen LogP contribution in [0.4, 0.5) is 13.2 Å². The number of hydrogen-bond donors (Lipinski definition) is 0. The number of aryl methyl sites for hydroxylation is 2. The summed E-state index contributed by atoms with van der Waals surface area (Å²) in [5.41, 5.74) is 2.16. The van der Waals surface area contributed by atoms with Crippen molar-refractivity contribution in [3.63, 3.8) is 0 Å². The first-order valence-corrected chi connectivity index (χ1v) is 5.67. The molecular formula is C13H10F3N3. The lowest BCUT2D eigenvalue weighted by atomic mass is 10.1. The zero-order valence-electron chi connectivity index (χ0n) is 10.3. The van der Waals surface area contributed by atoms with E-state index in [1.54, 1.807) is 18.3 Å². The number of aromatic nitrogens is 3. The van der Waals surface area contributed by atoms with Gasteiger partial charge in [0, 0.05) is 18.6 Å². The highest BCUT2D eigenvalue weighted by Gasteiger charge is 2.37. The van der Waals surface area contributed by atoms with Crippen molar-refractivity contribution in [2.45, 2.75) is 13.1 Å². The first-order valence-electron chi connectivity index (χ1n) is 5.67. The summed E-state index contributed by atoms with van der Waals surface area (Å²) in [4.78, 5) is 7.92. The minimum atomic E-state index is -4.47. The molecule has 0 radical (unpaired) electrons. The van der Waals surface area contributed by atoms with E-state index in [1.807, 2.05) is 13.0 Å². The summed E-state index contributed by atoms with van der Waals surface area (Å²) in [7, 11) is 1.36. The second kappa shape index (κ2) is 3.69. The number of fused-ring (bicyclic) bond motifs is 3. The zero-order chi connectivity index (χ0) is 13.8. The van der Waals surface area contributed by atoms with Crippen LogP contribution in [0.2, 0.25) is 0 Å². The standard InChI is InChI=1S/C13H10F3N3/c1-7-5-8-3-4-9-11(10(8)17-6-7)18-12(19(9)2)13(14,15)16/h3-6H,1-2H3. The summed E-state index contributed by atoms with van der Waals surface area (Å²) in [5.74, 6) is -0.905. The van der Waals surface area contributed by atoms with E-state index < -0.39 is 12.0 Å². The number of nitrogens with zero attached hydrogens (tertiary/aromatic N) is 3. The van der Waals surface area contributed by atoms with Gasteiger partial charge in [-0.25, -0.2) is 4.98 Å². The molecule has 98 valence electrons. The highest BCUT2D eigenvalue weighted by molar-refractivity contribution is 6.01. The normalized spacial score (nSPS) is 12.5. The fourth-order valence-corrected chi connectivity index (χ4v) is 2.22. The van der Waals surface area contributed by atoms with Crippen molar-refractivity contribution in [3.8, 4) is 0 Å². The fourth-order valence-electron chi connectivity index (χ4n) is 2.22. The Morgan fingerprint density at radius 1 is 1.16 bits per heavy atom. The molecule has 1 aromatic carbocycles. The predicted molar refractivity (Wildman–Crippen MR) is 65.8 cm³/mol. The molecule has 3 nitrogen and oxygen atoms in total. The quantitative estimate of drug-likeness (QED) is 0.623. The van der Waals surface area contributed by atoms with Gasteiger partial charge in [-0.1, -0.05) is 6.07 Å². The number of imidazole rings is 1. The minimum absolute atomic E-state index is 0.285. The van der Waals surface area contributed by atoms with Gasteiger partial charge in [0.2, 0.25) is 5.82 Å². The lowest BCUT2D eigenvalue weighted by Crippen LogP contribution is -2.12. The monoisotopic (exact) mass is 265 g/mol. The van der Waals surface area contributed by atoms with Gasteiger partial charge in [0.25, 0.3) is 0 Å². The van der Waals surface area contributed by atoms with Crippen LogP contribution in [-0.2, 0) is 13.2 Å². The van der Waals surface area contributed by atoms with E-state index in [1.165, 1.54) is 7.05 Å². The van der Waals surface area contributed by atoms with Crippen LogP contribution in [0.3, 0.4) is 0 Å². The molecular weight excluding hydrogens is 255 g/mol. The number of benzene rings is 1. The first kappa shape index (κ1) is 12.0. The Morgan fingerprint density at radius 2 is 1.89 bits per heavy atom. The lowest BCUT2D eigenvalue weighted by Gasteiger charge is -2.05. The van der Waals surface area contributed by atoms with Crippen molar-refractivity contribution in [1.29, 1.82) is 0 Å². The van der Waals surface area contributed by atoms with Crippen molar-refractivity contribution < 1.29 is 13.2 Å². The number of hydrogen-bond acceptors (Lipinski definition) is 2. The van der Waals surface area contributed by atoms with Crippen LogP contribution in [0.5, 0.6) is 0 Å². The molecule has 0 saturated heterocycles. The molecule has 0 N–H and O–H groups in total. The molecule has 0 spiro atoms. The van der Waals surface area contributed by atoms with E-state index >= 15 is 0 Å². The third-order valence-electron chi connectivity index (χ3n) is 3.09. The van der Waals surface area contributed by atoms with E-state index in [0.717, 1.165) is 15.5 Å². The topological polar surface area (TPSA) is 30.7 Å². The van der Waals surface area contributed by atoms with Crippen LogP contribution in [-0.4, -0.2) is 14.5 Å². The maximum absolute atomic E-state index is 12.8. The average molecular weight is 265 g/mol. The van der Waals surface area contributed by atoms with Gasteiger partial charge in [-0.05, 0) is 24.6 Å². The van der Waals surface area contributed by atoms with E-state index in [-0.39, 0.29) is 5.52 Å². The van der Waals surface area contributed by atoms with Crippen molar-refractivity contribution in [1.82, 2.24) is 14.5 Å². The maximum Gasteiger partial charge on any atom is 0.449 e. The SMILES string of the molecule is Cc1cnc2c(ccc3c2nc(C(F)(F)F)n3C)c1. The van der Waals surface area contributed by atoms with Crippen molar-refractivity contribution >= 4 is 21.9 Å². The summed E-state index contributed by atoms with van der Waals surface area (Å²) in [6.45, 7) is 1.89. The molecule has 0 saturated carbocycles. The second-order valence-electron chi connectivity index (χ2n) is 4.51. The summed E-state index contributed by atoms with van der Waals surface area (Å²) in [6, 6.07) is 5.28. The summed E-state index contributed by atoms with van der Waals surface area (Å²) in [6.07, 6.45) is -2.84. The van der Waals surface area contributed by atoms with E-state index in [0.29, 0.717) is 11.0 Å². The number of halogens is 3. The molecule has 2 aromatic heterocycles. The Morgan fingerprint density at radius 3 is 2.58 bits per heavy atom. The molecule has 0 atom stereocenters. The molecule has 0 aliphatic heterocycles. The van der Waals surface area contributed by atoms with Gasteiger partial charge in [0.1, 0.15) is 5.52 Å². The van der Waals surface area contributed by atoms with Gasteiger partial charge in [-0.15, -0.1) is 0 Å². The molecule has 0 aliphatic carbocycles. The summed E-state index contributed by atoms with van der Waals surface area (Å²) in [5, 5.41) is 0.791. The lowest BCUT2D eigenvalue weighted by molar-refractivity contribution is -0.146. The molecule has 0 aliphatic rings. The Kier molecular flexibility index (Phi) is 2.32. The highest BCUT2D eigenvalue weighted by atomic mass is 19.4. The Hall–Kier alpha value is -2.11. The predicted octanol–water partition coefficient (Wildman–Crippen LogP) is 3.45. The van der Waals surface area contributed by atoms with Gasteiger partial charge in [-0.3, -0.25) is 4.98 Å². The van der Waals surface area contributed by atoms with E-state index in [2.05, 4.69) is 9.97 Å². The minimum Gasteiger partial charge on any atom is -0.323 e. The third kappa shape index (κ3) is 1.75. The van der Waals surface area contributed by atoms with Crippen LogP contribution >= 0.6 is 0 Å². The van der Waals surface area contributed by atoms with Crippen LogP contribution in [0.15, 0.2) is 24.4 Å². The van der Waals surface area contributed by atoms with Gasteiger partial charge < -0.3 is 4.57 Å². The van der Waals surface area contributed by atoms with E-state index in [4.69, 9.17) is 0 Å². The first-order chi connectivity index (χ1) is 8.88. The van der Waals surface area contributed by atoms with Crippen LogP contribution in [0, 0.1) is 6.92 Å². The number of alkyl halides is 3. The maximum atomic E-state index is 12.8. The molecule has 0 unspecified atom stereocenters. The van der Waals surface area contributed by atoms with Crippen LogP contribution in [0.25, 0.3) is 21.9 Å². The molecule has 19 heavy (non-hydrogen) atoms. The molecule has 3 rings (SSSR count). The fraction of sp³-hybridized carbons (Fsp3) is 0.231. The van der Waals surface area contributed by atoms with Crippen LogP contribution < -0.4 is 0 Å². The molecule has 0 fully saturated rings. The second-order valence-corrected chi connectivity index (χ2v) is 4.51. The zero-order valence-corrected chi connectivity index (χ0v) is 10.3. The van der Waals surface area contributed by atoms with Crippen molar-refractivity contribution in [3.05, 3.63) is 35.8 Å². The highest BCUT2D eigenvalue weighted by Crippen LogP contribution is 2.32. The van der Waals surface area contributed by atoms with Gasteiger partial charge in [-0.2, -0.15) is 13.2 Å². The number of pyridine rings is 1. The molecule has 0 amide bonds. The van der Waals surface area contributed by atoms with Crippen molar-refractivity contribution in [2.24, 2.45) is 7.05 Å². The largest absolute Gasteiger partial charge is 0.449 e. The van der Waals surface area contributed by atoms with Crippen molar-refractivity contribution in [2.75, 3.05) is 0 Å². The van der Waals surface area contributed by atoms with Crippen LogP contribution in [0.1, 0.15) is 11.4 Å². The number of rotatable bonds is 0. The Labute approximate surface area is 106 Å². The molecule has 3 aromatic rings. The van der Waals surface area contributed by atoms with Gasteiger partial charge in [0.15, 0.2) is 0 Å². The third-order valence-corrected chi connectivity index (χ3v) is 3.09. The Balaban J connectivity index is 2.44. The summed E-state index contributed by atoms with van der Waals surface area (Å²) >= 11 is 0. The average Bonchev–Trinajstić information content (AvgIpc) is 2.66. The molecule has 2 heterocycles. The Bertz CT molecular complexity index is 787. The smallest absolute Gasteiger partial charge is 0.323 e. The summed E-state index contributed by atoms with van der Waals surface area (Å²) < 4.78 is 39.6. The molecule has 6 heteroatoms. The van der Waals surface area contributed by atoms with Gasteiger partial charge in [0.05, 0.1) is 11.0 Å². The van der Waals surface area contributed by atoms with Gasteiger partial charge >= 0.3 is 6.18 Å². The van der Waals surface area contributed by atoms with E-state index in [9.17, 15) is 13.2 Å².